The lowest BCUT2D eigenvalue weighted by atomic mass is 10.2. The number of hydrogen-bond acceptors (Lipinski definition) is 4. The minimum atomic E-state index is -2.91. The predicted octanol–water partition coefficient (Wildman–Crippen LogP) is -0.368. The molecule has 0 aromatic heterocycles. The van der Waals surface area contributed by atoms with E-state index in [2.05, 4.69) is 5.32 Å². The van der Waals surface area contributed by atoms with Crippen molar-refractivity contribution in [2.75, 3.05) is 31.6 Å². The van der Waals surface area contributed by atoms with Gasteiger partial charge in [0.2, 0.25) is 5.91 Å². The van der Waals surface area contributed by atoms with Crippen LogP contribution in [0.25, 0.3) is 0 Å². The number of likely N-dealkylation sites (N-methyl/N-ethyl adjacent to an activating group) is 1. The lowest BCUT2D eigenvalue weighted by Gasteiger charge is -2.23. The minimum absolute atomic E-state index is 0.0319. The van der Waals surface area contributed by atoms with E-state index < -0.39 is 9.84 Å². The number of sulfone groups is 1. The number of hydrogen-bond donors (Lipinski definition) is 1. The molecule has 16 heavy (non-hydrogen) atoms. The lowest BCUT2D eigenvalue weighted by molar-refractivity contribution is -0.130. The Morgan fingerprint density at radius 1 is 1.50 bits per heavy atom. The second-order valence-electron chi connectivity index (χ2n) is 4.24. The molecule has 1 rings (SSSR count). The Morgan fingerprint density at radius 2 is 2.19 bits per heavy atom. The molecule has 6 heteroatoms. The summed E-state index contributed by atoms with van der Waals surface area (Å²) in [5.74, 6) is 0.288. The average Bonchev–Trinajstić information content (AvgIpc) is 2.58. The zero-order valence-electron chi connectivity index (χ0n) is 9.90. The van der Waals surface area contributed by atoms with Gasteiger partial charge in [-0.2, -0.15) is 0 Å². The van der Waals surface area contributed by atoms with E-state index in [1.165, 1.54) is 0 Å². The zero-order valence-corrected chi connectivity index (χ0v) is 10.7. The quantitative estimate of drug-likeness (QED) is 0.674. The Hall–Kier alpha value is -0.620. The van der Waals surface area contributed by atoms with E-state index in [1.807, 2.05) is 6.92 Å². The molecule has 0 saturated carbocycles. The first-order valence-electron chi connectivity index (χ1n) is 5.63. The zero-order chi connectivity index (χ0) is 12.2. The molecular formula is C10H20N2O3S. The Kier molecular flexibility index (Phi) is 4.73. The summed E-state index contributed by atoms with van der Waals surface area (Å²) in [5.41, 5.74) is 0. The van der Waals surface area contributed by atoms with Crippen LogP contribution in [-0.2, 0) is 14.6 Å². The van der Waals surface area contributed by atoms with Gasteiger partial charge in [-0.05, 0) is 19.4 Å². The van der Waals surface area contributed by atoms with Crippen molar-refractivity contribution in [2.45, 2.75) is 25.8 Å². The fraction of sp³-hybridized carbons (Fsp3) is 0.900. The molecule has 1 aliphatic rings. The Morgan fingerprint density at radius 3 is 2.69 bits per heavy atom. The number of carbonyl (C=O) groups excluding carboxylic acids is 1. The fourth-order valence-corrected chi connectivity index (χ4v) is 3.56. The number of amides is 1. The van der Waals surface area contributed by atoms with Gasteiger partial charge >= 0.3 is 0 Å². The highest BCUT2D eigenvalue weighted by molar-refractivity contribution is 7.91. The van der Waals surface area contributed by atoms with Gasteiger partial charge in [-0.15, -0.1) is 0 Å². The van der Waals surface area contributed by atoms with E-state index in [0.717, 1.165) is 13.0 Å². The molecule has 1 N–H and O–H groups in total. The van der Waals surface area contributed by atoms with Gasteiger partial charge in [-0.25, -0.2) is 8.42 Å². The molecule has 94 valence electrons. The molecule has 1 heterocycles. The van der Waals surface area contributed by atoms with Crippen LogP contribution < -0.4 is 5.32 Å². The molecule has 0 aromatic carbocycles. The maximum atomic E-state index is 11.7. The van der Waals surface area contributed by atoms with Gasteiger partial charge in [0.1, 0.15) is 0 Å². The van der Waals surface area contributed by atoms with Gasteiger partial charge in [0.15, 0.2) is 9.84 Å². The molecule has 1 unspecified atom stereocenters. The molecular weight excluding hydrogens is 228 g/mol. The van der Waals surface area contributed by atoms with Crippen LogP contribution in [0.15, 0.2) is 0 Å². The predicted molar refractivity (Wildman–Crippen MR) is 63.0 cm³/mol. The van der Waals surface area contributed by atoms with Crippen LogP contribution in [0.1, 0.15) is 19.8 Å². The Balaban J connectivity index is 2.40. The second-order valence-corrected chi connectivity index (χ2v) is 6.47. The van der Waals surface area contributed by atoms with Crippen molar-refractivity contribution in [3.8, 4) is 0 Å². The van der Waals surface area contributed by atoms with E-state index in [-0.39, 0.29) is 23.5 Å². The smallest absolute Gasteiger partial charge is 0.236 e. The van der Waals surface area contributed by atoms with Crippen molar-refractivity contribution >= 4 is 15.7 Å². The molecule has 0 bridgehead atoms. The molecule has 0 aliphatic carbocycles. The number of rotatable bonds is 5. The number of nitrogens with one attached hydrogen (secondary N) is 1. The molecule has 0 spiro atoms. The van der Waals surface area contributed by atoms with Gasteiger partial charge in [0, 0.05) is 13.1 Å². The third-order valence-electron chi connectivity index (χ3n) is 2.85. The summed E-state index contributed by atoms with van der Waals surface area (Å²) in [6.07, 6.45) is 1.55. The minimum Gasteiger partial charge on any atom is -0.341 e. The highest BCUT2D eigenvalue weighted by Gasteiger charge is 2.32. The van der Waals surface area contributed by atoms with Gasteiger partial charge < -0.3 is 10.2 Å². The van der Waals surface area contributed by atoms with Crippen molar-refractivity contribution in [3.05, 3.63) is 0 Å². The lowest BCUT2D eigenvalue weighted by Crippen LogP contribution is -2.42. The van der Waals surface area contributed by atoms with Crippen LogP contribution in [-0.4, -0.2) is 56.9 Å². The summed E-state index contributed by atoms with van der Waals surface area (Å²) in [4.78, 5) is 13.2. The standard InChI is InChI=1S/C10H20N2O3S/c1-3-5-11-7-10(13)12(2)9-4-6-16(14,15)8-9/h9,11H,3-8H2,1-2H3. The van der Waals surface area contributed by atoms with Crippen LogP contribution >= 0.6 is 0 Å². The SMILES string of the molecule is CCCNCC(=O)N(C)C1CCS(=O)(=O)C1. The van der Waals surface area contributed by atoms with Gasteiger partial charge in [-0.1, -0.05) is 6.92 Å². The largest absolute Gasteiger partial charge is 0.341 e. The van der Waals surface area contributed by atoms with E-state index in [0.29, 0.717) is 13.0 Å². The molecule has 1 saturated heterocycles. The molecule has 0 radical (unpaired) electrons. The Labute approximate surface area is 97.1 Å². The van der Waals surface area contributed by atoms with Gasteiger partial charge in [-0.3, -0.25) is 4.79 Å². The summed E-state index contributed by atoms with van der Waals surface area (Å²) < 4.78 is 22.5. The molecule has 1 atom stereocenters. The van der Waals surface area contributed by atoms with Crippen LogP contribution in [0, 0.1) is 0 Å². The van der Waals surface area contributed by atoms with Crippen molar-refractivity contribution < 1.29 is 13.2 Å². The summed E-state index contributed by atoms with van der Waals surface area (Å²) in [5, 5.41) is 3.02. The molecule has 1 aliphatic heterocycles. The van der Waals surface area contributed by atoms with Crippen molar-refractivity contribution in [3.63, 3.8) is 0 Å². The van der Waals surface area contributed by atoms with Crippen LogP contribution in [0.5, 0.6) is 0 Å². The monoisotopic (exact) mass is 248 g/mol. The summed E-state index contributed by atoms with van der Waals surface area (Å²) in [6, 6.07) is -0.138. The highest BCUT2D eigenvalue weighted by atomic mass is 32.2. The fourth-order valence-electron chi connectivity index (χ4n) is 1.78. The third kappa shape index (κ3) is 3.75. The van der Waals surface area contributed by atoms with Gasteiger partial charge in [0.05, 0.1) is 18.1 Å². The molecule has 5 nitrogen and oxygen atoms in total. The van der Waals surface area contributed by atoms with E-state index in [1.54, 1.807) is 11.9 Å². The first kappa shape index (κ1) is 13.4. The third-order valence-corrected chi connectivity index (χ3v) is 4.60. The van der Waals surface area contributed by atoms with Crippen LogP contribution in [0.3, 0.4) is 0 Å². The van der Waals surface area contributed by atoms with Crippen molar-refractivity contribution in [1.29, 1.82) is 0 Å². The summed E-state index contributed by atoms with van der Waals surface area (Å²) >= 11 is 0. The molecule has 1 amide bonds. The highest BCUT2D eigenvalue weighted by Crippen LogP contribution is 2.16. The van der Waals surface area contributed by atoms with Crippen molar-refractivity contribution in [2.24, 2.45) is 0 Å². The van der Waals surface area contributed by atoms with Crippen LogP contribution in [0.4, 0.5) is 0 Å². The maximum Gasteiger partial charge on any atom is 0.236 e. The first-order chi connectivity index (χ1) is 7.46. The molecule has 0 aromatic rings. The van der Waals surface area contributed by atoms with Gasteiger partial charge in [0.25, 0.3) is 0 Å². The number of carbonyl (C=O) groups is 1. The summed E-state index contributed by atoms with van der Waals surface area (Å²) in [6.45, 7) is 3.13. The van der Waals surface area contributed by atoms with E-state index in [9.17, 15) is 13.2 Å². The Bertz CT molecular complexity index is 340. The van der Waals surface area contributed by atoms with E-state index in [4.69, 9.17) is 0 Å². The topological polar surface area (TPSA) is 66.5 Å². The van der Waals surface area contributed by atoms with E-state index >= 15 is 0 Å². The van der Waals surface area contributed by atoms with Crippen LogP contribution in [0.2, 0.25) is 0 Å². The normalized spacial score (nSPS) is 23.2. The average molecular weight is 248 g/mol. The molecule has 1 fully saturated rings. The summed E-state index contributed by atoms with van der Waals surface area (Å²) in [7, 11) is -1.23. The second kappa shape index (κ2) is 5.63. The first-order valence-corrected chi connectivity index (χ1v) is 7.45. The van der Waals surface area contributed by atoms with Crippen molar-refractivity contribution in [1.82, 2.24) is 10.2 Å². The maximum absolute atomic E-state index is 11.7. The number of nitrogens with zero attached hydrogens (tertiary/aromatic N) is 1.